The molecule has 96 valence electrons. The first kappa shape index (κ1) is 14.1. The van der Waals surface area contributed by atoms with E-state index in [4.69, 9.17) is 0 Å². The molecule has 0 aliphatic rings. The van der Waals surface area contributed by atoms with Crippen LogP contribution >= 0.6 is 0 Å². The second-order valence-corrected chi connectivity index (χ2v) is 4.41. The fraction of sp³-hybridized carbons (Fsp3) is 0.571. The summed E-state index contributed by atoms with van der Waals surface area (Å²) in [5, 5.41) is 3.36. The van der Waals surface area contributed by atoms with Crippen LogP contribution in [0.15, 0.2) is 24.3 Å². The highest BCUT2D eigenvalue weighted by atomic mass is 19.1. The molecule has 1 unspecified atom stereocenters. The maximum absolute atomic E-state index is 13.1. The number of nitrogens with one attached hydrogen (secondary N) is 1. The van der Waals surface area contributed by atoms with E-state index >= 15 is 0 Å². The number of nitrogens with zero attached hydrogens (tertiary/aromatic N) is 1. The van der Waals surface area contributed by atoms with Crippen molar-refractivity contribution in [3.63, 3.8) is 0 Å². The van der Waals surface area contributed by atoms with Crippen molar-refractivity contribution in [1.29, 1.82) is 0 Å². The van der Waals surface area contributed by atoms with Gasteiger partial charge >= 0.3 is 0 Å². The van der Waals surface area contributed by atoms with E-state index < -0.39 is 0 Å². The van der Waals surface area contributed by atoms with Crippen LogP contribution in [0.4, 0.5) is 4.39 Å². The molecule has 1 aromatic rings. The molecule has 3 heteroatoms. The molecule has 0 amide bonds. The van der Waals surface area contributed by atoms with Gasteiger partial charge in [0.25, 0.3) is 0 Å². The first-order valence-electron chi connectivity index (χ1n) is 6.32. The summed E-state index contributed by atoms with van der Waals surface area (Å²) in [6.45, 7) is 7.06. The maximum atomic E-state index is 13.1. The Morgan fingerprint density at radius 2 is 2.12 bits per heavy atom. The molecule has 0 spiro atoms. The third-order valence-corrected chi connectivity index (χ3v) is 3.05. The molecule has 1 rings (SSSR count). The van der Waals surface area contributed by atoms with E-state index in [1.807, 2.05) is 6.07 Å². The monoisotopic (exact) mass is 238 g/mol. The Bertz CT molecular complexity index is 328. The second-order valence-electron chi connectivity index (χ2n) is 4.41. The average Bonchev–Trinajstić information content (AvgIpc) is 2.30. The molecule has 1 N–H and O–H groups in total. The molecule has 0 aliphatic heterocycles. The minimum absolute atomic E-state index is 0.157. The molecule has 0 radical (unpaired) electrons. The zero-order chi connectivity index (χ0) is 12.7. The van der Waals surface area contributed by atoms with Crippen LogP contribution in [0.2, 0.25) is 0 Å². The predicted octanol–water partition coefficient (Wildman–Crippen LogP) is 2.65. The number of benzene rings is 1. The fourth-order valence-electron chi connectivity index (χ4n) is 1.98. The third-order valence-electron chi connectivity index (χ3n) is 3.05. The SMILES string of the molecule is CCNCC(CC)N(C)Cc1cccc(F)c1. The smallest absolute Gasteiger partial charge is 0.123 e. The Kier molecular flexibility index (Phi) is 6.16. The highest BCUT2D eigenvalue weighted by Gasteiger charge is 2.12. The van der Waals surface area contributed by atoms with E-state index in [0.29, 0.717) is 6.04 Å². The van der Waals surface area contributed by atoms with E-state index in [1.54, 1.807) is 12.1 Å². The van der Waals surface area contributed by atoms with Crippen molar-refractivity contribution < 1.29 is 4.39 Å². The first-order chi connectivity index (χ1) is 8.17. The molecule has 1 atom stereocenters. The molecule has 1 aromatic carbocycles. The quantitative estimate of drug-likeness (QED) is 0.785. The number of hydrogen-bond acceptors (Lipinski definition) is 2. The number of likely N-dealkylation sites (N-methyl/N-ethyl adjacent to an activating group) is 2. The van der Waals surface area contributed by atoms with Crippen molar-refractivity contribution in [2.45, 2.75) is 32.9 Å². The van der Waals surface area contributed by atoms with Crippen LogP contribution < -0.4 is 5.32 Å². The third kappa shape index (κ3) is 4.84. The number of halogens is 1. The fourth-order valence-corrected chi connectivity index (χ4v) is 1.98. The van der Waals surface area contributed by atoms with Gasteiger partial charge in [0, 0.05) is 19.1 Å². The van der Waals surface area contributed by atoms with Crippen LogP contribution in [0.3, 0.4) is 0 Å². The molecular formula is C14H23FN2. The van der Waals surface area contributed by atoms with Crippen molar-refractivity contribution in [2.24, 2.45) is 0 Å². The molecule has 17 heavy (non-hydrogen) atoms. The number of rotatable bonds is 7. The van der Waals surface area contributed by atoms with Crippen molar-refractivity contribution in [3.05, 3.63) is 35.6 Å². The van der Waals surface area contributed by atoms with E-state index in [1.165, 1.54) is 6.07 Å². The minimum Gasteiger partial charge on any atom is -0.315 e. The van der Waals surface area contributed by atoms with E-state index in [2.05, 4.69) is 31.1 Å². The summed E-state index contributed by atoms with van der Waals surface area (Å²) in [4.78, 5) is 2.28. The summed E-state index contributed by atoms with van der Waals surface area (Å²) in [6.07, 6.45) is 1.10. The summed E-state index contributed by atoms with van der Waals surface area (Å²) in [6, 6.07) is 7.33. The zero-order valence-electron chi connectivity index (χ0n) is 11.0. The van der Waals surface area contributed by atoms with Crippen molar-refractivity contribution >= 4 is 0 Å². The van der Waals surface area contributed by atoms with Gasteiger partial charge < -0.3 is 5.32 Å². The molecule has 0 heterocycles. The summed E-state index contributed by atoms with van der Waals surface area (Å²) in [7, 11) is 2.09. The van der Waals surface area contributed by atoms with Gasteiger partial charge in [-0.15, -0.1) is 0 Å². The van der Waals surface area contributed by atoms with Gasteiger partial charge in [-0.25, -0.2) is 4.39 Å². The van der Waals surface area contributed by atoms with Gasteiger partial charge in [0.15, 0.2) is 0 Å². The average molecular weight is 238 g/mol. The number of hydrogen-bond donors (Lipinski definition) is 1. The summed E-state index contributed by atoms with van der Waals surface area (Å²) >= 11 is 0. The lowest BCUT2D eigenvalue weighted by atomic mass is 10.1. The van der Waals surface area contributed by atoms with E-state index in [-0.39, 0.29) is 5.82 Å². The van der Waals surface area contributed by atoms with Crippen LogP contribution in [0, 0.1) is 5.82 Å². The normalized spacial score (nSPS) is 13.0. The Hall–Kier alpha value is -0.930. The van der Waals surface area contributed by atoms with Gasteiger partial charge in [0.1, 0.15) is 5.82 Å². The Morgan fingerprint density at radius 3 is 2.71 bits per heavy atom. The maximum Gasteiger partial charge on any atom is 0.123 e. The van der Waals surface area contributed by atoms with Crippen LogP contribution in [0.1, 0.15) is 25.8 Å². The van der Waals surface area contributed by atoms with Crippen molar-refractivity contribution in [2.75, 3.05) is 20.1 Å². The van der Waals surface area contributed by atoms with Gasteiger partial charge in [-0.3, -0.25) is 4.90 Å². The predicted molar refractivity (Wildman–Crippen MR) is 70.5 cm³/mol. The molecule has 0 fully saturated rings. The zero-order valence-corrected chi connectivity index (χ0v) is 11.0. The Morgan fingerprint density at radius 1 is 1.35 bits per heavy atom. The van der Waals surface area contributed by atoms with Gasteiger partial charge in [-0.05, 0) is 37.7 Å². The van der Waals surface area contributed by atoms with E-state index in [0.717, 1.165) is 31.6 Å². The van der Waals surface area contributed by atoms with E-state index in [9.17, 15) is 4.39 Å². The summed E-state index contributed by atoms with van der Waals surface area (Å²) in [5.41, 5.74) is 1.03. The highest BCUT2D eigenvalue weighted by molar-refractivity contribution is 5.16. The Balaban J connectivity index is 2.54. The molecule has 0 saturated heterocycles. The second kappa shape index (κ2) is 7.41. The molecule has 0 bridgehead atoms. The summed E-state index contributed by atoms with van der Waals surface area (Å²) < 4.78 is 13.1. The minimum atomic E-state index is -0.157. The largest absolute Gasteiger partial charge is 0.315 e. The molecule has 0 saturated carbocycles. The van der Waals surface area contributed by atoms with Crippen LogP contribution in [-0.4, -0.2) is 31.1 Å². The highest BCUT2D eigenvalue weighted by Crippen LogP contribution is 2.09. The standard InChI is InChI=1S/C14H23FN2/c1-4-14(10-16-5-2)17(3)11-12-7-6-8-13(15)9-12/h6-9,14,16H,4-5,10-11H2,1-3H3. The van der Waals surface area contributed by atoms with Crippen LogP contribution in [0.25, 0.3) is 0 Å². The van der Waals surface area contributed by atoms with Crippen LogP contribution in [0.5, 0.6) is 0 Å². The topological polar surface area (TPSA) is 15.3 Å². The Labute approximate surface area is 104 Å². The summed E-state index contributed by atoms with van der Waals surface area (Å²) in [5.74, 6) is -0.157. The lowest BCUT2D eigenvalue weighted by Gasteiger charge is -2.27. The van der Waals surface area contributed by atoms with Crippen molar-refractivity contribution in [1.82, 2.24) is 10.2 Å². The molecule has 0 aliphatic carbocycles. The lowest BCUT2D eigenvalue weighted by Crippen LogP contribution is -2.39. The molecular weight excluding hydrogens is 215 g/mol. The van der Waals surface area contributed by atoms with Gasteiger partial charge in [-0.1, -0.05) is 26.0 Å². The van der Waals surface area contributed by atoms with Gasteiger partial charge in [0.05, 0.1) is 0 Å². The van der Waals surface area contributed by atoms with Crippen molar-refractivity contribution in [3.8, 4) is 0 Å². The molecule has 0 aromatic heterocycles. The lowest BCUT2D eigenvalue weighted by molar-refractivity contribution is 0.222. The van der Waals surface area contributed by atoms with Gasteiger partial charge in [0.2, 0.25) is 0 Å². The van der Waals surface area contributed by atoms with Gasteiger partial charge in [-0.2, -0.15) is 0 Å². The van der Waals surface area contributed by atoms with Crippen LogP contribution in [-0.2, 0) is 6.54 Å². The first-order valence-corrected chi connectivity index (χ1v) is 6.32. The molecule has 2 nitrogen and oxygen atoms in total.